The molecule has 5 atom stereocenters. The molecule has 2 aromatic heterocycles. The number of carbonyl (C=O) groups is 6. The van der Waals surface area contributed by atoms with Gasteiger partial charge in [-0.2, -0.15) is 0 Å². The molecular formula is C59H56N6O8. The Labute approximate surface area is 422 Å². The van der Waals surface area contributed by atoms with Crippen LogP contribution in [0.2, 0.25) is 0 Å². The van der Waals surface area contributed by atoms with Crippen molar-refractivity contribution in [1.29, 1.82) is 0 Å². The van der Waals surface area contributed by atoms with Crippen LogP contribution in [0.5, 0.6) is 5.75 Å². The number of aryl methyl sites for hydroxylation is 1. The van der Waals surface area contributed by atoms with Crippen LogP contribution in [-0.4, -0.2) is 81.2 Å². The van der Waals surface area contributed by atoms with Crippen molar-refractivity contribution in [2.75, 3.05) is 6.61 Å². The maximum Gasteiger partial charge on any atom is 0.326 e. The highest BCUT2D eigenvalue weighted by atomic mass is 16.5. The fourth-order valence-electron chi connectivity index (χ4n) is 9.49. The Morgan fingerprint density at radius 3 is 1.75 bits per heavy atom. The number of nitrogens with one attached hydrogen (secondary N) is 6. The van der Waals surface area contributed by atoms with Gasteiger partial charge in [-0.15, -0.1) is 0 Å². The largest absolute Gasteiger partial charge is 0.484 e. The van der Waals surface area contributed by atoms with Gasteiger partial charge in [-0.05, 0) is 82.5 Å². The lowest BCUT2D eigenvalue weighted by molar-refractivity contribution is -0.143. The van der Waals surface area contributed by atoms with E-state index in [2.05, 4.69) is 31.2 Å². The van der Waals surface area contributed by atoms with Crippen molar-refractivity contribution < 1.29 is 38.6 Å². The average molecular weight is 977 g/mol. The van der Waals surface area contributed by atoms with E-state index in [-0.39, 0.29) is 38.5 Å². The quantitative estimate of drug-likeness (QED) is 0.0586. The van der Waals surface area contributed by atoms with Gasteiger partial charge in [-0.1, -0.05) is 133 Å². The Morgan fingerprint density at radius 2 is 1.12 bits per heavy atom. The van der Waals surface area contributed by atoms with Gasteiger partial charge in [0.2, 0.25) is 17.7 Å². The number of amides is 4. The Morgan fingerprint density at radius 1 is 0.575 bits per heavy atom. The first-order valence-corrected chi connectivity index (χ1v) is 24.5. The highest BCUT2D eigenvalue weighted by molar-refractivity contribution is 5.97. The van der Waals surface area contributed by atoms with Gasteiger partial charge in [0, 0.05) is 65.8 Å². The summed E-state index contributed by atoms with van der Waals surface area (Å²) in [4.78, 5) is 92.1. The van der Waals surface area contributed by atoms with Gasteiger partial charge >= 0.3 is 5.97 Å². The molecule has 4 heterocycles. The average Bonchev–Trinajstić information content (AvgIpc) is 4.02. The molecule has 0 aliphatic carbocycles. The molecule has 0 unspecified atom stereocenters. The van der Waals surface area contributed by atoms with Gasteiger partial charge in [0.25, 0.3) is 5.91 Å². The van der Waals surface area contributed by atoms with Crippen LogP contribution in [0.25, 0.3) is 32.9 Å². The Bertz CT molecular complexity index is 3220. The second-order valence-electron chi connectivity index (χ2n) is 18.6. The minimum Gasteiger partial charge on any atom is -0.484 e. The van der Waals surface area contributed by atoms with Gasteiger partial charge in [-0.3, -0.25) is 24.0 Å². The fraction of sp³-hybridized carbons (Fsp3) is 0.220. The van der Waals surface area contributed by atoms with E-state index in [0.29, 0.717) is 23.3 Å². The number of aliphatic carboxylic acids is 1. The number of para-hydroxylation sites is 2. The molecule has 2 bridgehead atoms. The molecule has 73 heavy (non-hydrogen) atoms. The van der Waals surface area contributed by atoms with Gasteiger partial charge in [0.1, 0.15) is 23.9 Å². The Hall–Kier alpha value is -8.78. The number of aromatic amines is 2. The van der Waals surface area contributed by atoms with Gasteiger partial charge in [0.15, 0.2) is 12.4 Å². The zero-order valence-corrected chi connectivity index (χ0v) is 40.0. The van der Waals surface area contributed by atoms with E-state index in [1.165, 1.54) is 0 Å². The number of rotatable bonds is 13. The third kappa shape index (κ3) is 12.6. The molecule has 2 aliphatic rings. The lowest BCUT2D eigenvalue weighted by Crippen LogP contribution is -2.57. The number of fused-ring (bicyclic) bond motifs is 18. The van der Waals surface area contributed by atoms with Crippen molar-refractivity contribution in [3.8, 4) is 16.9 Å². The maximum absolute atomic E-state index is 15.1. The first kappa shape index (κ1) is 49.2. The lowest BCUT2D eigenvalue weighted by atomic mass is 9.89. The van der Waals surface area contributed by atoms with Gasteiger partial charge < -0.3 is 41.1 Å². The number of H-pyrrole nitrogens is 2. The van der Waals surface area contributed by atoms with E-state index in [1.54, 1.807) is 36.7 Å². The molecule has 0 spiro atoms. The molecule has 0 fully saturated rings. The molecule has 10 rings (SSSR count). The van der Waals surface area contributed by atoms with E-state index in [9.17, 15) is 24.3 Å². The van der Waals surface area contributed by atoms with Crippen LogP contribution in [0.3, 0.4) is 0 Å². The summed E-state index contributed by atoms with van der Waals surface area (Å²) in [5.74, 6) is -4.95. The summed E-state index contributed by atoms with van der Waals surface area (Å²) in [6.45, 7) is -0.441. The van der Waals surface area contributed by atoms with Crippen molar-refractivity contribution in [2.24, 2.45) is 5.92 Å². The second-order valence-corrected chi connectivity index (χ2v) is 18.6. The number of hydrogen-bond acceptors (Lipinski definition) is 7. The van der Waals surface area contributed by atoms with Crippen molar-refractivity contribution >= 4 is 57.2 Å². The molecular weight excluding hydrogens is 921 g/mol. The van der Waals surface area contributed by atoms with Crippen LogP contribution in [0.15, 0.2) is 170 Å². The third-order valence-electron chi connectivity index (χ3n) is 13.5. The number of hydrogen-bond donors (Lipinski definition) is 7. The molecule has 6 aromatic carbocycles. The highest BCUT2D eigenvalue weighted by Crippen LogP contribution is 2.25. The molecule has 2 aliphatic heterocycles. The number of Topliss-reactive ketones (excluding diaryl/α,β-unsaturated/α-hetero) is 1. The first-order chi connectivity index (χ1) is 35.5. The minimum atomic E-state index is -1.26. The van der Waals surface area contributed by atoms with Gasteiger partial charge in [0.05, 0.1) is 6.04 Å². The van der Waals surface area contributed by atoms with Crippen molar-refractivity contribution in [1.82, 2.24) is 31.2 Å². The van der Waals surface area contributed by atoms with Crippen LogP contribution in [0.1, 0.15) is 40.7 Å². The highest BCUT2D eigenvalue weighted by Gasteiger charge is 2.34. The second kappa shape index (κ2) is 23.0. The molecule has 8 aromatic rings. The lowest BCUT2D eigenvalue weighted by Gasteiger charge is -2.26. The summed E-state index contributed by atoms with van der Waals surface area (Å²) >= 11 is 0. The third-order valence-corrected chi connectivity index (χ3v) is 13.5. The van der Waals surface area contributed by atoms with Crippen LogP contribution in [-0.2, 0) is 60.9 Å². The maximum atomic E-state index is 15.1. The van der Waals surface area contributed by atoms with Crippen molar-refractivity contribution in [3.63, 3.8) is 0 Å². The molecule has 370 valence electrons. The number of carboxylic acid groups (broad SMARTS) is 1. The summed E-state index contributed by atoms with van der Waals surface area (Å²) in [6, 6.07) is 43.8. The molecule has 0 saturated carbocycles. The monoisotopic (exact) mass is 976 g/mol. The molecule has 0 radical (unpaired) electrons. The zero-order valence-electron chi connectivity index (χ0n) is 40.0. The molecule has 4 amide bonds. The van der Waals surface area contributed by atoms with E-state index >= 15 is 9.59 Å². The minimum absolute atomic E-state index is 0.00999. The molecule has 0 saturated heterocycles. The predicted molar refractivity (Wildman–Crippen MR) is 278 cm³/mol. The molecule has 14 heteroatoms. The van der Waals surface area contributed by atoms with Crippen LogP contribution in [0, 0.1) is 5.92 Å². The first-order valence-electron chi connectivity index (χ1n) is 24.5. The number of ketones is 1. The molecule has 14 nitrogen and oxygen atoms in total. The number of carbonyl (C=O) groups excluding carboxylic acids is 5. The number of aromatic nitrogens is 2. The van der Waals surface area contributed by atoms with E-state index < -0.39 is 72.1 Å². The number of ether oxygens (including phenoxy) is 1. The van der Waals surface area contributed by atoms with Crippen LogP contribution >= 0.6 is 0 Å². The topological polar surface area (TPSA) is 212 Å². The van der Waals surface area contributed by atoms with E-state index in [1.807, 2.05) is 133 Å². The van der Waals surface area contributed by atoms with Crippen LogP contribution in [0.4, 0.5) is 0 Å². The van der Waals surface area contributed by atoms with E-state index in [4.69, 9.17) is 4.74 Å². The zero-order chi connectivity index (χ0) is 50.7. The summed E-state index contributed by atoms with van der Waals surface area (Å²) in [5.41, 5.74) is 7.37. The number of carboxylic acids is 1. The summed E-state index contributed by atoms with van der Waals surface area (Å²) in [5, 5.41) is 23.5. The van der Waals surface area contributed by atoms with Crippen LogP contribution < -0.4 is 26.0 Å². The Kier molecular flexibility index (Phi) is 15.5. The van der Waals surface area contributed by atoms with E-state index in [0.717, 1.165) is 49.6 Å². The normalized spacial score (nSPS) is 18.4. The van der Waals surface area contributed by atoms with Crippen molar-refractivity contribution in [2.45, 2.75) is 69.1 Å². The fourth-order valence-corrected chi connectivity index (χ4v) is 9.49. The van der Waals surface area contributed by atoms with Crippen molar-refractivity contribution in [3.05, 3.63) is 198 Å². The molecule has 7 N–H and O–H groups in total. The predicted octanol–water partition coefficient (Wildman–Crippen LogP) is 7.21. The SMILES string of the molecule is O=C1COc2ccc(cc2)C[C@@H](C(=O)N[C@H](CCc2ccccc2)C(=O)O)CC(=O)[C@H](Cc2c[nH]c3ccccc23)NC(=O)[C@@H](Cc2ccc(-c3ccccc3)cc2)NC(=O)[C@H](Cc2c[nH]c3ccccc23)N1. The smallest absolute Gasteiger partial charge is 0.326 e. The number of benzene rings is 6. The summed E-state index contributed by atoms with van der Waals surface area (Å²) in [6.07, 6.45) is 3.82. The standard InChI is InChI=1S/C59H56N6O8/c66-54-33-42(56(68)63-50(59(71)72)28-23-37-11-3-1-4-12-37)29-38-21-26-45(27-22-38)73-36-55(67)62-53(32-44-35-61-49-18-10-8-16-47(44)49)58(70)65-52(30-39-19-24-41(25-20-39)40-13-5-2-6-14-40)57(69)64-51(54)31-43-34-60-48-17-9-7-15-46(43)48/h1-22,24-27,34-35,42,50-53,60-61H,23,28-33,36H2,(H,62,67)(H,63,68)(H,64,69)(H,65,70)(H,71,72)/t42-,50-,51+,52-,53+/m1/s1. The summed E-state index contributed by atoms with van der Waals surface area (Å²) in [7, 11) is 0. The summed E-state index contributed by atoms with van der Waals surface area (Å²) < 4.78 is 5.90. The Balaban J connectivity index is 1.07. The van der Waals surface area contributed by atoms with Gasteiger partial charge in [-0.25, -0.2) is 4.79 Å².